The topological polar surface area (TPSA) is 123 Å². The first-order valence-electron chi connectivity index (χ1n) is 12.7. The van der Waals surface area contributed by atoms with Gasteiger partial charge in [-0.15, -0.1) is 0 Å². The molecule has 0 aliphatic heterocycles. The van der Waals surface area contributed by atoms with Crippen LogP contribution in [0.2, 0.25) is 0 Å². The van der Waals surface area contributed by atoms with Gasteiger partial charge in [0.1, 0.15) is 23.3 Å². The number of anilines is 2. The Morgan fingerprint density at radius 3 is 2.18 bits per heavy atom. The van der Waals surface area contributed by atoms with E-state index in [9.17, 15) is 14.4 Å². The summed E-state index contributed by atoms with van der Waals surface area (Å²) in [6.07, 6.45) is -0.264. The van der Waals surface area contributed by atoms with Gasteiger partial charge in [0.05, 0.1) is 13.7 Å². The highest BCUT2D eigenvalue weighted by molar-refractivity contribution is 6.03. The lowest BCUT2D eigenvalue weighted by Gasteiger charge is -2.34. The van der Waals surface area contributed by atoms with Crippen LogP contribution >= 0.6 is 0 Å². The zero-order valence-corrected chi connectivity index (χ0v) is 23.2. The second-order valence-electron chi connectivity index (χ2n) is 9.98. The molecule has 0 radical (unpaired) electrons. The molecule has 0 saturated carbocycles. The Balaban J connectivity index is 1.97. The monoisotopic (exact) mass is 536 g/mol. The lowest BCUT2D eigenvalue weighted by Crippen LogP contribution is -2.49. The normalized spacial score (nSPS) is 11.8. The number of carbonyl (C=O) groups excluding carboxylic acids is 3. The van der Waals surface area contributed by atoms with Crippen LogP contribution in [0.3, 0.4) is 0 Å². The number of aryl methyl sites for hydroxylation is 1. The maximum atomic E-state index is 13.8. The molecule has 0 aliphatic rings. The molecule has 0 spiro atoms. The van der Waals surface area contributed by atoms with Gasteiger partial charge < -0.3 is 24.6 Å². The third kappa shape index (κ3) is 8.33. The van der Waals surface area contributed by atoms with Gasteiger partial charge in [-0.25, -0.2) is 0 Å². The van der Waals surface area contributed by atoms with E-state index in [4.69, 9.17) is 14.0 Å². The molecule has 2 aromatic carbocycles. The predicted octanol–water partition coefficient (Wildman–Crippen LogP) is 4.80. The van der Waals surface area contributed by atoms with Crippen LogP contribution in [-0.2, 0) is 14.4 Å². The second kappa shape index (κ2) is 12.9. The summed E-state index contributed by atoms with van der Waals surface area (Å²) in [5.41, 5.74) is 0.522. The first-order valence-corrected chi connectivity index (χ1v) is 12.7. The minimum atomic E-state index is -1.01. The first-order chi connectivity index (χ1) is 18.5. The van der Waals surface area contributed by atoms with Crippen molar-refractivity contribution in [3.05, 3.63) is 65.9 Å². The van der Waals surface area contributed by atoms with Gasteiger partial charge >= 0.3 is 0 Å². The number of amides is 3. The molecule has 1 heterocycles. The third-order valence-corrected chi connectivity index (χ3v) is 5.59. The quantitative estimate of drug-likeness (QED) is 0.361. The molecular weight excluding hydrogens is 500 g/mol. The van der Waals surface area contributed by atoms with E-state index in [1.165, 1.54) is 4.90 Å². The largest absolute Gasteiger partial charge is 0.497 e. The van der Waals surface area contributed by atoms with Gasteiger partial charge in [-0.05, 0) is 76.6 Å². The molecule has 1 atom stereocenters. The van der Waals surface area contributed by atoms with Crippen molar-refractivity contribution in [2.24, 2.45) is 0 Å². The van der Waals surface area contributed by atoms with Crippen LogP contribution in [0.1, 0.15) is 57.9 Å². The van der Waals surface area contributed by atoms with Gasteiger partial charge in [0.2, 0.25) is 17.7 Å². The Morgan fingerprint density at radius 2 is 1.64 bits per heavy atom. The van der Waals surface area contributed by atoms with Gasteiger partial charge in [0.15, 0.2) is 5.82 Å². The maximum Gasteiger partial charge on any atom is 0.248 e. The SMILES string of the molecule is CCOc1ccc(N(C(=O)CCC(=O)Nc2cc(C)on2)C(C(=O)NC(C)(C)C)c2ccc(OC)cc2)cc1. The van der Waals surface area contributed by atoms with E-state index in [0.29, 0.717) is 35.1 Å². The lowest BCUT2D eigenvalue weighted by molar-refractivity contribution is -0.128. The molecule has 1 aromatic heterocycles. The molecule has 2 N–H and O–H groups in total. The van der Waals surface area contributed by atoms with Crippen molar-refractivity contribution in [3.8, 4) is 11.5 Å². The van der Waals surface area contributed by atoms with Gasteiger partial charge in [-0.1, -0.05) is 17.3 Å². The minimum Gasteiger partial charge on any atom is -0.497 e. The van der Waals surface area contributed by atoms with Crippen molar-refractivity contribution < 1.29 is 28.4 Å². The molecule has 0 aliphatic carbocycles. The Kier molecular flexibility index (Phi) is 9.70. The Hall–Kier alpha value is -4.34. The average molecular weight is 537 g/mol. The molecule has 10 nitrogen and oxygen atoms in total. The fourth-order valence-electron chi connectivity index (χ4n) is 3.92. The number of nitrogens with one attached hydrogen (secondary N) is 2. The lowest BCUT2D eigenvalue weighted by atomic mass is 10.00. The highest BCUT2D eigenvalue weighted by atomic mass is 16.5. The van der Waals surface area contributed by atoms with E-state index in [0.717, 1.165) is 0 Å². The molecule has 208 valence electrons. The number of ether oxygens (including phenoxy) is 2. The molecule has 0 saturated heterocycles. The minimum absolute atomic E-state index is 0.117. The summed E-state index contributed by atoms with van der Waals surface area (Å²) in [4.78, 5) is 41.5. The molecule has 10 heteroatoms. The number of benzene rings is 2. The molecule has 3 rings (SSSR count). The first kappa shape index (κ1) is 29.2. The van der Waals surface area contributed by atoms with Gasteiger partial charge in [0, 0.05) is 30.1 Å². The zero-order chi connectivity index (χ0) is 28.6. The van der Waals surface area contributed by atoms with E-state index in [1.807, 2.05) is 27.7 Å². The van der Waals surface area contributed by atoms with Gasteiger partial charge in [-0.2, -0.15) is 0 Å². The van der Waals surface area contributed by atoms with E-state index in [1.54, 1.807) is 68.6 Å². The number of methoxy groups -OCH3 is 1. The molecule has 0 bridgehead atoms. The van der Waals surface area contributed by atoms with Gasteiger partial charge in [-0.3, -0.25) is 19.3 Å². The number of nitrogens with zero attached hydrogens (tertiary/aromatic N) is 2. The molecule has 3 amide bonds. The molecule has 1 unspecified atom stereocenters. The number of rotatable bonds is 11. The Labute approximate surface area is 228 Å². The van der Waals surface area contributed by atoms with E-state index in [-0.39, 0.29) is 24.6 Å². The number of hydrogen-bond donors (Lipinski definition) is 2. The smallest absolute Gasteiger partial charge is 0.248 e. The van der Waals surface area contributed by atoms with Crippen molar-refractivity contribution in [1.29, 1.82) is 0 Å². The average Bonchev–Trinajstić information content (AvgIpc) is 3.29. The fourth-order valence-corrected chi connectivity index (χ4v) is 3.92. The van der Waals surface area contributed by atoms with Crippen LogP contribution < -0.4 is 25.0 Å². The standard InChI is InChI=1S/C29H36N4O6/c1-7-38-23-14-10-21(11-15-23)33(26(35)17-16-25(34)30-24-18-19(2)39-32-24)27(28(36)31-29(3,4)5)20-8-12-22(37-6)13-9-20/h8-15,18,27H,7,16-17H2,1-6H3,(H,31,36)(H,30,32,34). The predicted molar refractivity (Wildman–Crippen MR) is 148 cm³/mol. The van der Waals surface area contributed by atoms with E-state index >= 15 is 0 Å². The second-order valence-corrected chi connectivity index (χ2v) is 9.98. The Morgan fingerprint density at radius 1 is 1.00 bits per heavy atom. The van der Waals surface area contributed by atoms with Crippen molar-refractivity contribution in [3.63, 3.8) is 0 Å². The summed E-state index contributed by atoms with van der Waals surface area (Å²) in [5.74, 6) is 0.907. The molecule has 39 heavy (non-hydrogen) atoms. The number of hydrogen-bond acceptors (Lipinski definition) is 7. The third-order valence-electron chi connectivity index (χ3n) is 5.59. The summed E-state index contributed by atoms with van der Waals surface area (Å²) in [7, 11) is 1.56. The summed E-state index contributed by atoms with van der Waals surface area (Å²) in [6.45, 7) is 9.69. The van der Waals surface area contributed by atoms with Crippen molar-refractivity contribution in [2.75, 3.05) is 23.9 Å². The van der Waals surface area contributed by atoms with E-state index < -0.39 is 23.4 Å². The van der Waals surface area contributed by atoms with Crippen molar-refractivity contribution >= 4 is 29.2 Å². The van der Waals surface area contributed by atoms with Crippen molar-refractivity contribution in [1.82, 2.24) is 10.5 Å². The highest BCUT2D eigenvalue weighted by Gasteiger charge is 2.34. The molecular formula is C29H36N4O6. The molecule has 0 fully saturated rings. The van der Waals surface area contributed by atoms with Crippen LogP contribution in [0.15, 0.2) is 59.1 Å². The fraction of sp³-hybridized carbons (Fsp3) is 0.379. The van der Waals surface area contributed by atoms with Crippen LogP contribution in [-0.4, -0.2) is 42.1 Å². The van der Waals surface area contributed by atoms with Crippen LogP contribution in [0.4, 0.5) is 11.5 Å². The number of aromatic nitrogens is 1. The van der Waals surface area contributed by atoms with Gasteiger partial charge in [0.25, 0.3) is 0 Å². The molecule has 3 aromatic rings. The zero-order valence-electron chi connectivity index (χ0n) is 23.2. The highest BCUT2D eigenvalue weighted by Crippen LogP contribution is 2.32. The summed E-state index contributed by atoms with van der Waals surface area (Å²) >= 11 is 0. The number of carbonyl (C=O) groups is 3. The maximum absolute atomic E-state index is 13.8. The Bertz CT molecular complexity index is 1260. The van der Waals surface area contributed by atoms with Crippen molar-refractivity contribution in [2.45, 2.75) is 59.0 Å². The van der Waals surface area contributed by atoms with Crippen LogP contribution in [0.5, 0.6) is 11.5 Å². The summed E-state index contributed by atoms with van der Waals surface area (Å²) in [5, 5.41) is 9.37. The van der Waals surface area contributed by atoms with E-state index in [2.05, 4.69) is 15.8 Å². The summed E-state index contributed by atoms with van der Waals surface area (Å²) in [6, 6.07) is 14.5. The van der Waals surface area contributed by atoms with Crippen LogP contribution in [0, 0.1) is 6.92 Å². The summed E-state index contributed by atoms with van der Waals surface area (Å²) < 4.78 is 15.8. The van der Waals surface area contributed by atoms with Crippen LogP contribution in [0.25, 0.3) is 0 Å².